The van der Waals surface area contributed by atoms with E-state index in [2.05, 4.69) is 24.1 Å². The summed E-state index contributed by atoms with van der Waals surface area (Å²) >= 11 is 0. The minimum atomic E-state index is -0.163. The number of fused-ring (bicyclic) bond motifs is 1. The minimum absolute atomic E-state index is 0.0221. The van der Waals surface area contributed by atoms with Gasteiger partial charge in [-0.15, -0.1) is 0 Å². The van der Waals surface area contributed by atoms with Crippen LogP contribution in [0.2, 0.25) is 0 Å². The molecule has 0 bridgehead atoms. The monoisotopic (exact) mass is 419 g/mol. The summed E-state index contributed by atoms with van der Waals surface area (Å²) in [6, 6.07) is 13.0. The number of para-hydroxylation sites is 1. The molecule has 6 heteroatoms. The standard InChI is InChI=1S/C25H29N3O3/c1-16-10-17(2)15-28(14-16)25(30)20-6-4-5-7-23(20)27-24(29)11-18-13-26-22-9-8-19(31-3)12-21(18)22/h4-9,12-13,16-17,26H,10-11,14-15H2,1-3H3,(H,27,29). The normalized spacial score (nSPS) is 18.7. The predicted octanol–water partition coefficient (Wildman–Crippen LogP) is 4.48. The number of amides is 2. The largest absolute Gasteiger partial charge is 0.497 e. The zero-order valence-electron chi connectivity index (χ0n) is 18.3. The van der Waals surface area contributed by atoms with Crippen molar-refractivity contribution >= 4 is 28.4 Å². The third-order valence-electron chi connectivity index (χ3n) is 5.91. The van der Waals surface area contributed by atoms with E-state index in [9.17, 15) is 9.59 Å². The summed E-state index contributed by atoms with van der Waals surface area (Å²) in [6.45, 7) is 5.87. The van der Waals surface area contributed by atoms with Crippen molar-refractivity contribution in [2.45, 2.75) is 26.7 Å². The summed E-state index contributed by atoms with van der Waals surface area (Å²) in [4.78, 5) is 31.2. The van der Waals surface area contributed by atoms with Gasteiger partial charge in [-0.1, -0.05) is 26.0 Å². The average Bonchev–Trinajstić information content (AvgIpc) is 3.14. The highest BCUT2D eigenvalue weighted by Crippen LogP contribution is 2.26. The van der Waals surface area contributed by atoms with Crippen LogP contribution in [0.1, 0.15) is 36.2 Å². The molecule has 2 atom stereocenters. The lowest BCUT2D eigenvalue weighted by atomic mass is 9.91. The molecule has 1 aliphatic rings. The first-order valence-corrected chi connectivity index (χ1v) is 10.8. The first kappa shape index (κ1) is 21.0. The lowest BCUT2D eigenvalue weighted by Crippen LogP contribution is -2.42. The number of nitrogens with zero attached hydrogens (tertiary/aromatic N) is 1. The number of methoxy groups -OCH3 is 1. The van der Waals surface area contributed by atoms with Crippen LogP contribution in [0.15, 0.2) is 48.7 Å². The van der Waals surface area contributed by atoms with Crippen LogP contribution in [0.5, 0.6) is 5.75 Å². The van der Waals surface area contributed by atoms with Gasteiger partial charge in [0.25, 0.3) is 5.91 Å². The number of hydrogen-bond donors (Lipinski definition) is 2. The summed E-state index contributed by atoms with van der Waals surface area (Å²) in [7, 11) is 1.62. The van der Waals surface area contributed by atoms with E-state index in [1.54, 1.807) is 19.2 Å². The van der Waals surface area contributed by atoms with Crippen molar-refractivity contribution in [2.75, 3.05) is 25.5 Å². The molecule has 0 aliphatic carbocycles. The fourth-order valence-corrected chi connectivity index (χ4v) is 4.58. The highest BCUT2D eigenvalue weighted by molar-refractivity contribution is 6.04. The molecule has 2 aromatic carbocycles. The van der Waals surface area contributed by atoms with Gasteiger partial charge in [-0.3, -0.25) is 9.59 Å². The van der Waals surface area contributed by atoms with Crippen molar-refractivity contribution in [3.8, 4) is 5.75 Å². The fourth-order valence-electron chi connectivity index (χ4n) is 4.58. The van der Waals surface area contributed by atoms with E-state index in [1.807, 2.05) is 41.4 Å². The molecule has 6 nitrogen and oxygen atoms in total. The maximum absolute atomic E-state index is 13.2. The van der Waals surface area contributed by atoms with Crippen LogP contribution in [0, 0.1) is 11.8 Å². The number of H-pyrrole nitrogens is 1. The van der Waals surface area contributed by atoms with Gasteiger partial charge >= 0.3 is 0 Å². The molecule has 1 aromatic heterocycles. The van der Waals surface area contributed by atoms with Crippen molar-refractivity contribution in [3.63, 3.8) is 0 Å². The number of aromatic amines is 1. The van der Waals surface area contributed by atoms with Crippen molar-refractivity contribution in [1.29, 1.82) is 0 Å². The molecule has 2 heterocycles. The van der Waals surface area contributed by atoms with E-state index < -0.39 is 0 Å². The van der Waals surface area contributed by atoms with Crippen LogP contribution in [0.3, 0.4) is 0 Å². The number of benzene rings is 2. The average molecular weight is 420 g/mol. The zero-order chi connectivity index (χ0) is 22.0. The van der Waals surface area contributed by atoms with Gasteiger partial charge in [0.15, 0.2) is 0 Å². The Morgan fingerprint density at radius 2 is 1.87 bits per heavy atom. The van der Waals surface area contributed by atoms with Crippen LogP contribution in [0.4, 0.5) is 5.69 Å². The van der Waals surface area contributed by atoms with E-state index in [4.69, 9.17) is 4.74 Å². The second-order valence-electron chi connectivity index (χ2n) is 8.65. The van der Waals surface area contributed by atoms with Crippen molar-refractivity contribution in [2.24, 2.45) is 11.8 Å². The number of rotatable bonds is 5. The van der Waals surface area contributed by atoms with E-state index in [0.29, 0.717) is 23.1 Å². The van der Waals surface area contributed by atoms with E-state index in [-0.39, 0.29) is 18.2 Å². The first-order chi connectivity index (χ1) is 14.9. The summed E-state index contributed by atoms with van der Waals surface area (Å²) in [5, 5.41) is 3.91. The molecule has 2 amide bonds. The van der Waals surface area contributed by atoms with Crippen molar-refractivity contribution in [3.05, 3.63) is 59.8 Å². The van der Waals surface area contributed by atoms with Gasteiger partial charge < -0.3 is 19.9 Å². The SMILES string of the molecule is COc1ccc2[nH]cc(CC(=O)Nc3ccccc3C(=O)N3CC(C)CC(C)C3)c2c1. The van der Waals surface area contributed by atoms with Gasteiger partial charge in [-0.2, -0.15) is 0 Å². The Bertz CT molecular complexity index is 1090. The van der Waals surface area contributed by atoms with E-state index >= 15 is 0 Å². The maximum atomic E-state index is 13.2. The molecular weight excluding hydrogens is 390 g/mol. The summed E-state index contributed by atoms with van der Waals surface area (Å²) in [5.41, 5.74) is 2.93. The van der Waals surface area contributed by atoms with Gasteiger partial charge in [0.2, 0.25) is 5.91 Å². The third-order valence-corrected chi connectivity index (χ3v) is 5.91. The predicted molar refractivity (Wildman–Crippen MR) is 122 cm³/mol. The molecule has 31 heavy (non-hydrogen) atoms. The molecule has 2 unspecified atom stereocenters. The molecule has 0 saturated carbocycles. The highest BCUT2D eigenvalue weighted by atomic mass is 16.5. The molecular formula is C25H29N3O3. The highest BCUT2D eigenvalue weighted by Gasteiger charge is 2.27. The summed E-state index contributed by atoms with van der Waals surface area (Å²) in [5.74, 6) is 1.52. The number of ether oxygens (including phenoxy) is 1. The lowest BCUT2D eigenvalue weighted by molar-refractivity contribution is -0.115. The van der Waals surface area contributed by atoms with Crippen LogP contribution < -0.4 is 10.1 Å². The fraction of sp³-hybridized carbons (Fsp3) is 0.360. The van der Waals surface area contributed by atoms with Crippen molar-refractivity contribution < 1.29 is 14.3 Å². The molecule has 1 saturated heterocycles. The van der Waals surface area contributed by atoms with Crippen LogP contribution >= 0.6 is 0 Å². The van der Waals surface area contributed by atoms with E-state index in [0.717, 1.165) is 41.7 Å². The Kier molecular flexibility index (Phi) is 5.98. The number of aromatic nitrogens is 1. The van der Waals surface area contributed by atoms with Gasteiger partial charge in [0.05, 0.1) is 24.8 Å². The molecule has 3 aromatic rings. The van der Waals surface area contributed by atoms with Crippen molar-refractivity contribution in [1.82, 2.24) is 9.88 Å². The zero-order valence-corrected chi connectivity index (χ0v) is 18.3. The number of anilines is 1. The molecule has 4 rings (SSSR count). The Balaban J connectivity index is 1.51. The number of hydrogen-bond acceptors (Lipinski definition) is 3. The number of likely N-dealkylation sites (tertiary alicyclic amines) is 1. The Labute approximate surface area is 182 Å². The number of carbonyl (C=O) groups excluding carboxylic acids is 2. The van der Waals surface area contributed by atoms with Gasteiger partial charge in [0.1, 0.15) is 5.75 Å². The molecule has 1 fully saturated rings. The van der Waals surface area contributed by atoms with E-state index in [1.165, 1.54) is 0 Å². The first-order valence-electron chi connectivity index (χ1n) is 10.8. The van der Waals surface area contributed by atoms with Gasteiger partial charge in [-0.05, 0) is 54.2 Å². The maximum Gasteiger partial charge on any atom is 0.255 e. The number of piperidine rings is 1. The Hall–Kier alpha value is -3.28. The lowest BCUT2D eigenvalue weighted by Gasteiger charge is -2.35. The topological polar surface area (TPSA) is 74.4 Å². The smallest absolute Gasteiger partial charge is 0.255 e. The molecule has 162 valence electrons. The molecule has 0 spiro atoms. The third kappa shape index (κ3) is 4.58. The molecule has 1 aliphatic heterocycles. The Morgan fingerprint density at radius 1 is 1.13 bits per heavy atom. The van der Waals surface area contributed by atoms with Crippen LogP contribution in [-0.2, 0) is 11.2 Å². The molecule has 2 N–H and O–H groups in total. The number of carbonyl (C=O) groups is 2. The summed E-state index contributed by atoms with van der Waals surface area (Å²) < 4.78 is 5.31. The van der Waals surface area contributed by atoms with Gasteiger partial charge in [0, 0.05) is 30.2 Å². The van der Waals surface area contributed by atoms with Crippen LogP contribution in [0.25, 0.3) is 10.9 Å². The summed E-state index contributed by atoms with van der Waals surface area (Å²) in [6.07, 6.45) is 3.18. The quantitative estimate of drug-likeness (QED) is 0.640. The van der Waals surface area contributed by atoms with Gasteiger partial charge in [-0.25, -0.2) is 0 Å². The number of nitrogens with one attached hydrogen (secondary N) is 2. The second-order valence-corrected chi connectivity index (χ2v) is 8.65. The van der Waals surface area contributed by atoms with Crippen LogP contribution in [-0.4, -0.2) is 41.9 Å². The minimum Gasteiger partial charge on any atom is -0.497 e. The Morgan fingerprint density at radius 3 is 2.61 bits per heavy atom. The molecule has 0 radical (unpaired) electrons. The second kappa shape index (κ2) is 8.84.